The van der Waals surface area contributed by atoms with Crippen LogP contribution in [-0.2, 0) is 0 Å². The first kappa shape index (κ1) is 8.40. The summed E-state index contributed by atoms with van der Waals surface area (Å²) in [6, 6.07) is 3.36. The zero-order valence-corrected chi connectivity index (χ0v) is 7.28. The average molecular weight is 172 g/mol. The molecule has 0 aromatic heterocycles. The van der Waals surface area contributed by atoms with E-state index in [9.17, 15) is 4.39 Å². The van der Waals surface area contributed by atoms with Gasteiger partial charge in [0, 0.05) is 4.90 Å². The third-order valence-electron chi connectivity index (χ3n) is 1.50. The summed E-state index contributed by atoms with van der Waals surface area (Å²) < 4.78 is 17.8. The van der Waals surface area contributed by atoms with Gasteiger partial charge in [-0.05, 0) is 18.6 Å². The molecule has 1 nitrogen and oxygen atoms in total. The molecule has 0 saturated carbocycles. The average Bonchev–Trinajstić information content (AvgIpc) is 2.01. The van der Waals surface area contributed by atoms with Crippen LogP contribution < -0.4 is 4.74 Å². The Morgan fingerprint density at radius 1 is 1.45 bits per heavy atom. The van der Waals surface area contributed by atoms with Crippen LogP contribution in [-0.4, -0.2) is 7.11 Å². The van der Waals surface area contributed by atoms with Gasteiger partial charge >= 0.3 is 0 Å². The van der Waals surface area contributed by atoms with Gasteiger partial charge in [-0.2, -0.15) is 0 Å². The van der Waals surface area contributed by atoms with Crippen LogP contribution in [0.25, 0.3) is 0 Å². The highest BCUT2D eigenvalue weighted by Gasteiger charge is 2.07. The molecule has 1 aromatic rings. The van der Waals surface area contributed by atoms with Gasteiger partial charge in [0.15, 0.2) is 11.6 Å². The summed E-state index contributed by atoms with van der Waals surface area (Å²) in [5, 5.41) is 0. The fourth-order valence-electron chi connectivity index (χ4n) is 0.800. The molecule has 0 unspecified atom stereocenters. The summed E-state index contributed by atoms with van der Waals surface area (Å²) in [6.07, 6.45) is 0. The third kappa shape index (κ3) is 1.48. The summed E-state index contributed by atoms with van der Waals surface area (Å²) >= 11 is 3.98. The van der Waals surface area contributed by atoms with Crippen molar-refractivity contribution in [3.63, 3.8) is 0 Å². The second kappa shape index (κ2) is 3.13. The van der Waals surface area contributed by atoms with Crippen LogP contribution in [0.3, 0.4) is 0 Å². The first-order chi connectivity index (χ1) is 5.16. The Morgan fingerprint density at radius 2 is 2.09 bits per heavy atom. The number of rotatable bonds is 1. The summed E-state index contributed by atoms with van der Waals surface area (Å²) in [5.41, 5.74) is 0.812. The van der Waals surface area contributed by atoms with Crippen molar-refractivity contribution >= 4 is 12.6 Å². The van der Waals surface area contributed by atoms with Crippen LogP contribution in [0, 0.1) is 12.7 Å². The number of thiol groups is 1. The molecule has 0 saturated heterocycles. The van der Waals surface area contributed by atoms with Crippen molar-refractivity contribution in [3.05, 3.63) is 23.5 Å². The van der Waals surface area contributed by atoms with Crippen LogP contribution in [0.2, 0.25) is 0 Å². The minimum atomic E-state index is -0.393. The topological polar surface area (TPSA) is 9.23 Å². The summed E-state index contributed by atoms with van der Waals surface area (Å²) in [4.78, 5) is 0.351. The molecule has 0 bridgehead atoms. The maximum absolute atomic E-state index is 13.1. The third-order valence-corrected chi connectivity index (χ3v) is 2.05. The molecule has 0 amide bonds. The van der Waals surface area contributed by atoms with Gasteiger partial charge in [0.25, 0.3) is 0 Å². The fourth-order valence-corrected chi connectivity index (χ4v) is 0.985. The van der Waals surface area contributed by atoms with Gasteiger partial charge in [-0.15, -0.1) is 12.6 Å². The molecular formula is C8H9FOS. The molecule has 0 fully saturated rings. The maximum atomic E-state index is 13.1. The summed E-state index contributed by atoms with van der Waals surface area (Å²) in [6.45, 7) is 1.80. The summed E-state index contributed by atoms with van der Waals surface area (Å²) in [7, 11) is 1.43. The van der Waals surface area contributed by atoms with Crippen molar-refractivity contribution in [2.75, 3.05) is 7.11 Å². The molecule has 0 aliphatic carbocycles. The Morgan fingerprint density at radius 3 is 2.64 bits per heavy atom. The zero-order chi connectivity index (χ0) is 8.43. The van der Waals surface area contributed by atoms with Gasteiger partial charge in [0.05, 0.1) is 7.11 Å². The number of aryl methyl sites for hydroxylation is 1. The van der Waals surface area contributed by atoms with Crippen molar-refractivity contribution in [1.82, 2.24) is 0 Å². The van der Waals surface area contributed by atoms with E-state index in [0.29, 0.717) is 4.90 Å². The first-order valence-corrected chi connectivity index (χ1v) is 3.63. The molecule has 60 valence electrons. The SMILES string of the molecule is COc1ccc(C)c(S)c1F. The number of hydrogen-bond acceptors (Lipinski definition) is 2. The van der Waals surface area contributed by atoms with Gasteiger partial charge in [-0.3, -0.25) is 0 Å². The lowest BCUT2D eigenvalue weighted by Crippen LogP contribution is -1.90. The minimum Gasteiger partial charge on any atom is -0.494 e. The van der Waals surface area contributed by atoms with Crippen molar-refractivity contribution in [1.29, 1.82) is 0 Å². The highest BCUT2D eigenvalue weighted by Crippen LogP contribution is 2.25. The number of hydrogen-bond donors (Lipinski definition) is 1. The predicted molar refractivity (Wildman–Crippen MR) is 44.9 cm³/mol. The molecule has 1 aromatic carbocycles. The van der Waals surface area contributed by atoms with Crippen LogP contribution in [0.4, 0.5) is 4.39 Å². The Kier molecular flexibility index (Phi) is 2.39. The predicted octanol–water partition coefficient (Wildman–Crippen LogP) is 2.43. The van der Waals surface area contributed by atoms with Gasteiger partial charge in [-0.1, -0.05) is 6.07 Å². The Balaban J connectivity index is 3.25. The molecular weight excluding hydrogens is 163 g/mol. The lowest BCUT2D eigenvalue weighted by molar-refractivity contribution is 0.381. The normalized spacial score (nSPS) is 9.82. The van der Waals surface area contributed by atoms with E-state index in [4.69, 9.17) is 4.74 Å². The highest BCUT2D eigenvalue weighted by atomic mass is 32.1. The molecule has 0 radical (unpaired) electrons. The van der Waals surface area contributed by atoms with Crippen molar-refractivity contribution in [2.24, 2.45) is 0 Å². The quantitative estimate of drug-likeness (QED) is 0.640. The minimum absolute atomic E-state index is 0.237. The highest BCUT2D eigenvalue weighted by molar-refractivity contribution is 7.80. The van der Waals surface area contributed by atoms with Crippen molar-refractivity contribution in [3.8, 4) is 5.75 Å². The fraction of sp³-hybridized carbons (Fsp3) is 0.250. The second-order valence-electron chi connectivity index (χ2n) is 2.25. The smallest absolute Gasteiger partial charge is 0.178 e. The largest absolute Gasteiger partial charge is 0.494 e. The zero-order valence-electron chi connectivity index (χ0n) is 6.39. The van der Waals surface area contributed by atoms with Crippen LogP contribution in [0.15, 0.2) is 17.0 Å². The monoisotopic (exact) mass is 172 g/mol. The van der Waals surface area contributed by atoms with Crippen molar-refractivity contribution < 1.29 is 9.13 Å². The lowest BCUT2D eigenvalue weighted by Gasteiger charge is -2.04. The number of methoxy groups -OCH3 is 1. The number of ether oxygens (including phenoxy) is 1. The second-order valence-corrected chi connectivity index (χ2v) is 2.69. The van der Waals surface area contributed by atoms with E-state index in [1.54, 1.807) is 19.1 Å². The van der Waals surface area contributed by atoms with Gasteiger partial charge in [-0.25, -0.2) is 4.39 Å². The van der Waals surface area contributed by atoms with Gasteiger partial charge in [0.2, 0.25) is 0 Å². The Hall–Kier alpha value is -0.700. The number of halogens is 1. The molecule has 11 heavy (non-hydrogen) atoms. The molecule has 0 heterocycles. The molecule has 3 heteroatoms. The van der Waals surface area contributed by atoms with E-state index in [2.05, 4.69) is 12.6 Å². The molecule has 0 aliphatic rings. The molecule has 0 atom stereocenters. The Bertz CT molecular complexity index is 273. The lowest BCUT2D eigenvalue weighted by atomic mass is 10.2. The summed E-state index contributed by atoms with van der Waals surface area (Å²) in [5.74, 6) is -0.156. The standard InChI is InChI=1S/C8H9FOS/c1-5-3-4-6(10-2)7(9)8(5)11/h3-4,11H,1-2H3. The van der Waals surface area contributed by atoms with Crippen LogP contribution >= 0.6 is 12.6 Å². The van der Waals surface area contributed by atoms with E-state index in [1.807, 2.05) is 0 Å². The molecule has 0 N–H and O–H groups in total. The van der Waals surface area contributed by atoms with E-state index < -0.39 is 5.82 Å². The van der Waals surface area contributed by atoms with E-state index >= 15 is 0 Å². The van der Waals surface area contributed by atoms with Crippen LogP contribution in [0.1, 0.15) is 5.56 Å². The van der Waals surface area contributed by atoms with E-state index in [1.165, 1.54) is 7.11 Å². The molecule has 0 aliphatic heterocycles. The first-order valence-electron chi connectivity index (χ1n) is 3.19. The maximum Gasteiger partial charge on any atom is 0.178 e. The van der Waals surface area contributed by atoms with Crippen molar-refractivity contribution in [2.45, 2.75) is 11.8 Å². The number of benzene rings is 1. The van der Waals surface area contributed by atoms with Crippen LogP contribution in [0.5, 0.6) is 5.75 Å². The van der Waals surface area contributed by atoms with Gasteiger partial charge in [0.1, 0.15) is 0 Å². The van der Waals surface area contributed by atoms with E-state index in [-0.39, 0.29) is 5.75 Å². The Labute approximate surface area is 70.6 Å². The molecule has 0 spiro atoms. The van der Waals surface area contributed by atoms with E-state index in [0.717, 1.165) is 5.56 Å². The van der Waals surface area contributed by atoms with Gasteiger partial charge < -0.3 is 4.74 Å². The molecule has 1 rings (SSSR count).